The number of amides is 1. The van der Waals surface area contributed by atoms with Crippen molar-refractivity contribution in [2.45, 2.75) is 44.4 Å². The summed E-state index contributed by atoms with van der Waals surface area (Å²) in [6, 6.07) is 17.0. The summed E-state index contributed by atoms with van der Waals surface area (Å²) >= 11 is 0. The third kappa shape index (κ3) is 3.62. The molecule has 1 aliphatic carbocycles. The summed E-state index contributed by atoms with van der Waals surface area (Å²) in [6.45, 7) is 2.71. The Labute approximate surface area is 171 Å². The molecule has 2 aromatic carbocycles. The number of aromatic nitrogens is 1. The number of piperidine rings is 1. The second-order valence-electron chi connectivity index (χ2n) is 8.09. The van der Waals surface area contributed by atoms with Crippen LogP contribution in [-0.4, -0.2) is 29.8 Å². The first-order valence-corrected chi connectivity index (χ1v) is 10.6. The maximum atomic E-state index is 12.0. The van der Waals surface area contributed by atoms with Gasteiger partial charge in [-0.25, -0.2) is 4.79 Å². The molecule has 2 N–H and O–H groups in total. The fraction of sp³-hybridized carbons (Fsp3) is 0.375. The number of hydrogen-bond donors (Lipinski definition) is 2. The molecule has 0 bridgehead atoms. The lowest BCUT2D eigenvalue weighted by molar-refractivity contribution is 0.139. The molecule has 1 aliphatic heterocycles. The van der Waals surface area contributed by atoms with Gasteiger partial charge in [0.15, 0.2) is 0 Å². The Morgan fingerprint density at radius 3 is 2.97 bits per heavy atom. The molecule has 5 nitrogen and oxygen atoms in total. The van der Waals surface area contributed by atoms with Gasteiger partial charge in [-0.05, 0) is 48.6 Å². The summed E-state index contributed by atoms with van der Waals surface area (Å²) in [5.74, 6) is 0.627. The van der Waals surface area contributed by atoms with Crippen molar-refractivity contribution in [2.75, 3.05) is 13.1 Å². The average molecular weight is 389 g/mol. The molecule has 150 valence electrons. The van der Waals surface area contributed by atoms with E-state index in [0.29, 0.717) is 25.1 Å². The van der Waals surface area contributed by atoms with E-state index in [1.807, 2.05) is 30.3 Å². The lowest BCUT2D eigenvalue weighted by atomic mass is 9.76. The molecule has 0 radical (unpaired) electrons. The Kier molecular flexibility index (Phi) is 4.98. The number of rotatable bonds is 5. The summed E-state index contributed by atoms with van der Waals surface area (Å²) in [7, 11) is 0. The number of carbonyl (C=O) groups is 1. The van der Waals surface area contributed by atoms with Gasteiger partial charge in [0.25, 0.3) is 0 Å². The number of carbonyl (C=O) groups excluding carboxylic acids is 1. The van der Waals surface area contributed by atoms with Crippen molar-refractivity contribution in [1.82, 2.24) is 15.2 Å². The van der Waals surface area contributed by atoms with Crippen LogP contribution in [0.15, 0.2) is 54.7 Å². The molecule has 0 saturated carbocycles. The SMILES string of the molecule is O=C(NCCn1cc2c3c(cccc31)[C@H]1CCCN[C@@H]1C2)OCc1ccccc1. The van der Waals surface area contributed by atoms with Gasteiger partial charge in [0.2, 0.25) is 0 Å². The maximum Gasteiger partial charge on any atom is 0.407 e. The zero-order valence-corrected chi connectivity index (χ0v) is 16.6. The number of alkyl carbamates (subject to hydrolysis) is 1. The third-order valence-electron chi connectivity index (χ3n) is 6.28. The minimum atomic E-state index is -0.370. The van der Waals surface area contributed by atoms with E-state index < -0.39 is 0 Å². The van der Waals surface area contributed by atoms with Crippen molar-refractivity contribution in [3.05, 3.63) is 71.4 Å². The van der Waals surface area contributed by atoms with Crippen LogP contribution in [0, 0.1) is 0 Å². The number of fused-ring (bicyclic) bond motifs is 2. The molecule has 1 amide bonds. The van der Waals surface area contributed by atoms with Crippen LogP contribution < -0.4 is 10.6 Å². The Bertz CT molecular complexity index is 1010. The van der Waals surface area contributed by atoms with E-state index in [0.717, 1.165) is 25.1 Å². The number of hydrogen-bond acceptors (Lipinski definition) is 3. The van der Waals surface area contributed by atoms with Crippen molar-refractivity contribution in [2.24, 2.45) is 0 Å². The van der Waals surface area contributed by atoms with Crippen LogP contribution in [0.2, 0.25) is 0 Å². The molecule has 2 heterocycles. The van der Waals surface area contributed by atoms with E-state index in [2.05, 4.69) is 39.6 Å². The zero-order valence-electron chi connectivity index (χ0n) is 16.6. The van der Waals surface area contributed by atoms with Gasteiger partial charge in [0.1, 0.15) is 6.61 Å². The summed E-state index contributed by atoms with van der Waals surface area (Å²) in [5.41, 5.74) is 5.19. The van der Waals surface area contributed by atoms with Crippen LogP contribution in [0.3, 0.4) is 0 Å². The molecule has 29 heavy (non-hydrogen) atoms. The highest BCUT2D eigenvalue weighted by atomic mass is 16.5. The van der Waals surface area contributed by atoms with Crippen molar-refractivity contribution < 1.29 is 9.53 Å². The predicted molar refractivity (Wildman–Crippen MR) is 114 cm³/mol. The molecule has 1 saturated heterocycles. The van der Waals surface area contributed by atoms with Crippen molar-refractivity contribution in [3.63, 3.8) is 0 Å². The Balaban J connectivity index is 1.24. The standard InChI is InChI=1S/C24H27N3O2/c28-24(29-16-17-6-2-1-3-7-17)26-12-13-27-15-18-14-21-19(9-5-11-25-21)20-8-4-10-22(27)23(18)20/h1-4,6-8,10,15,19,21,25H,5,9,11-14,16H2,(H,26,28)/t19-,21-/m1/s1. The molecular formula is C24H27N3O2. The minimum absolute atomic E-state index is 0.294. The van der Waals surface area contributed by atoms with E-state index in [-0.39, 0.29) is 6.09 Å². The van der Waals surface area contributed by atoms with Crippen LogP contribution in [0.25, 0.3) is 10.9 Å². The molecule has 2 atom stereocenters. The van der Waals surface area contributed by atoms with E-state index in [1.54, 1.807) is 0 Å². The molecule has 1 fully saturated rings. The minimum Gasteiger partial charge on any atom is -0.445 e. The van der Waals surface area contributed by atoms with E-state index in [4.69, 9.17) is 4.74 Å². The van der Waals surface area contributed by atoms with Crippen LogP contribution >= 0.6 is 0 Å². The van der Waals surface area contributed by atoms with E-state index in [9.17, 15) is 4.79 Å². The quantitative estimate of drug-likeness (QED) is 0.695. The molecule has 5 heteroatoms. The fourth-order valence-electron chi connectivity index (χ4n) is 4.95. The Hall–Kier alpha value is -2.79. The first-order chi connectivity index (χ1) is 14.3. The van der Waals surface area contributed by atoms with Gasteiger partial charge in [0.05, 0.1) is 0 Å². The first-order valence-electron chi connectivity index (χ1n) is 10.6. The lowest BCUT2D eigenvalue weighted by Crippen LogP contribution is -2.43. The summed E-state index contributed by atoms with van der Waals surface area (Å²) in [5, 5.41) is 8.03. The van der Waals surface area contributed by atoms with Crippen molar-refractivity contribution in [1.29, 1.82) is 0 Å². The molecule has 0 spiro atoms. The second-order valence-corrected chi connectivity index (χ2v) is 8.09. The summed E-state index contributed by atoms with van der Waals surface area (Å²) in [6.07, 6.45) is 5.53. The molecule has 1 aromatic heterocycles. The summed E-state index contributed by atoms with van der Waals surface area (Å²) in [4.78, 5) is 12.0. The highest BCUT2D eigenvalue weighted by Crippen LogP contribution is 2.41. The van der Waals surface area contributed by atoms with Crippen LogP contribution in [0.1, 0.15) is 35.4 Å². The fourth-order valence-corrected chi connectivity index (χ4v) is 4.95. The Morgan fingerprint density at radius 1 is 1.17 bits per heavy atom. The van der Waals surface area contributed by atoms with Gasteiger partial charge < -0.3 is 19.9 Å². The number of nitrogens with zero attached hydrogens (tertiary/aromatic N) is 1. The van der Waals surface area contributed by atoms with Crippen LogP contribution in [0.5, 0.6) is 0 Å². The van der Waals surface area contributed by atoms with Gasteiger partial charge in [-0.15, -0.1) is 0 Å². The highest BCUT2D eigenvalue weighted by molar-refractivity contribution is 5.89. The molecule has 3 aromatic rings. The van der Waals surface area contributed by atoms with Gasteiger partial charge in [0, 0.05) is 42.1 Å². The van der Waals surface area contributed by atoms with Gasteiger partial charge in [-0.3, -0.25) is 0 Å². The van der Waals surface area contributed by atoms with E-state index >= 15 is 0 Å². The molecule has 0 unspecified atom stereocenters. The molecule has 5 rings (SSSR count). The largest absolute Gasteiger partial charge is 0.445 e. The highest BCUT2D eigenvalue weighted by Gasteiger charge is 2.33. The lowest BCUT2D eigenvalue weighted by Gasteiger charge is -2.36. The number of nitrogens with one attached hydrogen (secondary N) is 2. The topological polar surface area (TPSA) is 55.3 Å². The molecular weight excluding hydrogens is 362 g/mol. The maximum absolute atomic E-state index is 12.0. The average Bonchev–Trinajstić information content (AvgIpc) is 3.12. The second kappa shape index (κ2) is 7.91. The van der Waals surface area contributed by atoms with E-state index in [1.165, 1.54) is 34.9 Å². The predicted octanol–water partition coefficient (Wildman–Crippen LogP) is 3.96. The third-order valence-corrected chi connectivity index (χ3v) is 6.28. The van der Waals surface area contributed by atoms with Gasteiger partial charge in [-0.2, -0.15) is 0 Å². The van der Waals surface area contributed by atoms with Crippen LogP contribution in [0.4, 0.5) is 4.79 Å². The molecule has 2 aliphatic rings. The van der Waals surface area contributed by atoms with Crippen molar-refractivity contribution in [3.8, 4) is 0 Å². The monoisotopic (exact) mass is 389 g/mol. The smallest absolute Gasteiger partial charge is 0.407 e. The zero-order chi connectivity index (χ0) is 19.6. The Morgan fingerprint density at radius 2 is 2.07 bits per heavy atom. The number of benzene rings is 2. The van der Waals surface area contributed by atoms with Crippen molar-refractivity contribution >= 4 is 17.0 Å². The van der Waals surface area contributed by atoms with Gasteiger partial charge in [-0.1, -0.05) is 42.5 Å². The van der Waals surface area contributed by atoms with Gasteiger partial charge >= 0.3 is 6.09 Å². The number of ether oxygens (including phenoxy) is 1. The first kappa shape index (κ1) is 18.3. The van der Waals surface area contributed by atoms with Crippen LogP contribution in [-0.2, 0) is 24.3 Å². The summed E-state index contributed by atoms with van der Waals surface area (Å²) < 4.78 is 7.59. The normalized spacial score (nSPS) is 20.3.